The van der Waals surface area contributed by atoms with Crippen molar-refractivity contribution in [3.63, 3.8) is 0 Å². The van der Waals surface area contributed by atoms with E-state index in [4.69, 9.17) is 0 Å². The minimum atomic E-state index is -0.0331. The molecule has 1 unspecified atom stereocenters. The van der Waals surface area contributed by atoms with Crippen molar-refractivity contribution < 1.29 is 4.79 Å². The summed E-state index contributed by atoms with van der Waals surface area (Å²) in [7, 11) is 3.90. The standard InChI is InChI=1S/C13H20N4O/c1-14-12-8-10(5-6-15-12)13(18)16-9-11-4-3-7-17(11)2/h5-6,8,11H,3-4,7,9H2,1-2H3,(H,14,15)(H,16,18). The fourth-order valence-corrected chi connectivity index (χ4v) is 2.26. The minimum absolute atomic E-state index is 0.0331. The highest BCUT2D eigenvalue weighted by Crippen LogP contribution is 2.13. The Morgan fingerprint density at radius 1 is 1.61 bits per heavy atom. The van der Waals surface area contributed by atoms with Crippen LogP contribution in [0.15, 0.2) is 18.3 Å². The van der Waals surface area contributed by atoms with Gasteiger partial charge in [-0.1, -0.05) is 0 Å². The summed E-state index contributed by atoms with van der Waals surface area (Å²) in [6.45, 7) is 1.84. The Hall–Kier alpha value is -1.62. The first-order chi connectivity index (χ1) is 8.70. The van der Waals surface area contributed by atoms with E-state index in [1.165, 1.54) is 6.42 Å². The predicted octanol–water partition coefficient (Wildman–Crippen LogP) is 0.947. The summed E-state index contributed by atoms with van der Waals surface area (Å²) in [6.07, 6.45) is 4.02. The van der Waals surface area contributed by atoms with Crippen LogP contribution in [0.3, 0.4) is 0 Å². The van der Waals surface area contributed by atoms with Gasteiger partial charge in [0.2, 0.25) is 0 Å². The van der Waals surface area contributed by atoms with Crippen LogP contribution in [0.25, 0.3) is 0 Å². The molecular weight excluding hydrogens is 228 g/mol. The number of anilines is 1. The molecule has 0 bridgehead atoms. The molecular formula is C13H20N4O. The van der Waals surface area contributed by atoms with Crippen LogP contribution in [-0.4, -0.2) is 49.0 Å². The zero-order chi connectivity index (χ0) is 13.0. The monoisotopic (exact) mass is 248 g/mol. The van der Waals surface area contributed by atoms with Gasteiger partial charge in [-0.15, -0.1) is 0 Å². The number of carbonyl (C=O) groups is 1. The van der Waals surface area contributed by atoms with Gasteiger partial charge in [-0.3, -0.25) is 4.79 Å². The van der Waals surface area contributed by atoms with E-state index in [-0.39, 0.29) is 5.91 Å². The van der Waals surface area contributed by atoms with Crippen LogP contribution in [0.4, 0.5) is 5.82 Å². The zero-order valence-electron chi connectivity index (χ0n) is 10.9. The third-order valence-corrected chi connectivity index (χ3v) is 3.45. The molecule has 2 N–H and O–H groups in total. The minimum Gasteiger partial charge on any atom is -0.373 e. The number of hydrogen-bond acceptors (Lipinski definition) is 4. The molecule has 0 spiro atoms. The van der Waals surface area contributed by atoms with Gasteiger partial charge in [0.05, 0.1) is 0 Å². The van der Waals surface area contributed by atoms with Crippen molar-refractivity contribution in [3.05, 3.63) is 23.9 Å². The lowest BCUT2D eigenvalue weighted by molar-refractivity contribution is 0.0943. The number of amides is 1. The second-order valence-corrected chi connectivity index (χ2v) is 4.67. The van der Waals surface area contributed by atoms with E-state index in [1.54, 1.807) is 25.4 Å². The number of hydrogen-bond donors (Lipinski definition) is 2. The van der Waals surface area contributed by atoms with Gasteiger partial charge in [-0.25, -0.2) is 4.98 Å². The maximum absolute atomic E-state index is 12.0. The Morgan fingerprint density at radius 3 is 3.11 bits per heavy atom. The van der Waals surface area contributed by atoms with Crippen molar-refractivity contribution in [3.8, 4) is 0 Å². The highest BCUT2D eigenvalue weighted by atomic mass is 16.1. The topological polar surface area (TPSA) is 57.3 Å². The number of rotatable bonds is 4. The molecule has 1 saturated heterocycles. The second kappa shape index (κ2) is 5.82. The van der Waals surface area contributed by atoms with Gasteiger partial charge in [0.25, 0.3) is 5.91 Å². The first kappa shape index (κ1) is 12.8. The van der Waals surface area contributed by atoms with Crippen molar-refractivity contribution in [2.45, 2.75) is 18.9 Å². The maximum atomic E-state index is 12.0. The zero-order valence-corrected chi connectivity index (χ0v) is 10.9. The molecule has 0 aromatic carbocycles. The highest BCUT2D eigenvalue weighted by molar-refractivity contribution is 5.94. The molecule has 5 nitrogen and oxygen atoms in total. The fraction of sp³-hybridized carbons (Fsp3) is 0.538. The summed E-state index contributed by atoms with van der Waals surface area (Å²) < 4.78 is 0. The molecule has 18 heavy (non-hydrogen) atoms. The van der Waals surface area contributed by atoms with E-state index in [2.05, 4.69) is 27.6 Å². The number of nitrogens with zero attached hydrogens (tertiary/aromatic N) is 2. The van der Waals surface area contributed by atoms with Gasteiger partial charge in [0.1, 0.15) is 5.82 Å². The number of likely N-dealkylation sites (tertiary alicyclic amines) is 1. The summed E-state index contributed by atoms with van der Waals surface area (Å²) in [5.74, 6) is 0.676. The van der Waals surface area contributed by atoms with Crippen molar-refractivity contribution in [2.75, 3.05) is 32.5 Å². The summed E-state index contributed by atoms with van der Waals surface area (Å²) in [4.78, 5) is 18.4. The molecule has 5 heteroatoms. The molecule has 98 valence electrons. The fourth-order valence-electron chi connectivity index (χ4n) is 2.26. The molecule has 2 heterocycles. The molecule has 1 aliphatic rings. The Balaban J connectivity index is 1.90. The largest absolute Gasteiger partial charge is 0.373 e. The van der Waals surface area contributed by atoms with E-state index in [0.29, 0.717) is 24.0 Å². The molecule has 1 aromatic heterocycles. The second-order valence-electron chi connectivity index (χ2n) is 4.67. The van der Waals surface area contributed by atoms with Gasteiger partial charge in [-0.05, 0) is 38.6 Å². The molecule has 0 radical (unpaired) electrons. The molecule has 1 amide bonds. The van der Waals surface area contributed by atoms with E-state index < -0.39 is 0 Å². The van der Waals surface area contributed by atoms with Crippen LogP contribution in [0, 0.1) is 0 Å². The smallest absolute Gasteiger partial charge is 0.251 e. The highest BCUT2D eigenvalue weighted by Gasteiger charge is 2.21. The van der Waals surface area contributed by atoms with E-state index in [1.807, 2.05) is 0 Å². The van der Waals surface area contributed by atoms with E-state index in [9.17, 15) is 4.79 Å². The lowest BCUT2D eigenvalue weighted by atomic mass is 10.2. The van der Waals surface area contributed by atoms with Gasteiger partial charge in [0, 0.05) is 31.4 Å². The lowest BCUT2D eigenvalue weighted by Crippen LogP contribution is -2.38. The Bertz CT molecular complexity index is 421. The number of aromatic nitrogens is 1. The molecule has 1 atom stereocenters. The van der Waals surface area contributed by atoms with Crippen LogP contribution in [0.1, 0.15) is 23.2 Å². The number of pyridine rings is 1. The van der Waals surface area contributed by atoms with Crippen LogP contribution < -0.4 is 10.6 Å². The predicted molar refractivity (Wildman–Crippen MR) is 71.8 cm³/mol. The van der Waals surface area contributed by atoms with Crippen molar-refractivity contribution >= 4 is 11.7 Å². The normalized spacial score (nSPS) is 19.8. The van der Waals surface area contributed by atoms with Crippen molar-refractivity contribution in [1.29, 1.82) is 0 Å². The summed E-state index contributed by atoms with van der Waals surface area (Å²) in [5.41, 5.74) is 0.648. The molecule has 2 rings (SSSR count). The third kappa shape index (κ3) is 2.98. The molecule has 1 fully saturated rings. The van der Waals surface area contributed by atoms with Crippen LogP contribution in [-0.2, 0) is 0 Å². The summed E-state index contributed by atoms with van der Waals surface area (Å²) in [6, 6.07) is 3.96. The average molecular weight is 248 g/mol. The van der Waals surface area contributed by atoms with Crippen molar-refractivity contribution in [2.24, 2.45) is 0 Å². The quantitative estimate of drug-likeness (QED) is 0.833. The number of nitrogens with one attached hydrogen (secondary N) is 2. The average Bonchev–Trinajstić information content (AvgIpc) is 2.81. The first-order valence-electron chi connectivity index (χ1n) is 6.33. The Morgan fingerprint density at radius 2 is 2.44 bits per heavy atom. The lowest BCUT2D eigenvalue weighted by Gasteiger charge is -2.19. The van der Waals surface area contributed by atoms with Crippen LogP contribution >= 0.6 is 0 Å². The van der Waals surface area contributed by atoms with Gasteiger partial charge < -0.3 is 15.5 Å². The van der Waals surface area contributed by atoms with Crippen LogP contribution in [0.2, 0.25) is 0 Å². The number of carbonyl (C=O) groups excluding carboxylic acids is 1. The maximum Gasteiger partial charge on any atom is 0.251 e. The third-order valence-electron chi connectivity index (χ3n) is 3.45. The van der Waals surface area contributed by atoms with Crippen molar-refractivity contribution in [1.82, 2.24) is 15.2 Å². The van der Waals surface area contributed by atoms with Crippen LogP contribution in [0.5, 0.6) is 0 Å². The molecule has 0 aliphatic carbocycles. The SMILES string of the molecule is CNc1cc(C(=O)NCC2CCCN2C)ccn1. The first-order valence-corrected chi connectivity index (χ1v) is 6.33. The van der Waals surface area contributed by atoms with E-state index in [0.717, 1.165) is 13.0 Å². The van der Waals surface area contributed by atoms with Gasteiger partial charge >= 0.3 is 0 Å². The molecule has 0 saturated carbocycles. The van der Waals surface area contributed by atoms with Gasteiger partial charge in [0.15, 0.2) is 0 Å². The summed E-state index contributed by atoms with van der Waals surface area (Å²) in [5, 5.41) is 5.91. The Kier molecular flexibility index (Phi) is 4.15. The summed E-state index contributed by atoms with van der Waals surface area (Å²) >= 11 is 0. The molecule has 1 aliphatic heterocycles. The number of likely N-dealkylation sites (N-methyl/N-ethyl adjacent to an activating group) is 1. The Labute approximate surface area is 108 Å². The van der Waals surface area contributed by atoms with Gasteiger partial charge in [-0.2, -0.15) is 0 Å². The van der Waals surface area contributed by atoms with E-state index >= 15 is 0 Å². The molecule has 1 aromatic rings.